The normalized spacial score (nSPS) is 18.3. The highest BCUT2D eigenvalue weighted by Crippen LogP contribution is 2.23. The average Bonchev–Trinajstić information content (AvgIpc) is 2.85. The van der Waals surface area contributed by atoms with Crippen molar-refractivity contribution in [3.8, 4) is 5.75 Å². The maximum atomic E-state index is 12.1. The van der Waals surface area contributed by atoms with Gasteiger partial charge in [-0.05, 0) is 37.7 Å². The van der Waals surface area contributed by atoms with Gasteiger partial charge in [-0.1, -0.05) is 0 Å². The molecule has 1 heterocycles. The third-order valence-electron chi connectivity index (χ3n) is 3.22. The predicted molar refractivity (Wildman–Crippen MR) is 73.7 cm³/mol. The van der Waals surface area contributed by atoms with E-state index in [0.717, 1.165) is 18.6 Å². The Hall–Kier alpha value is -1.47. The number of amides is 1. The van der Waals surface area contributed by atoms with Crippen LogP contribution in [0.3, 0.4) is 0 Å². The number of ether oxygens (including phenoxy) is 1. The van der Waals surface area contributed by atoms with Gasteiger partial charge in [0.1, 0.15) is 5.75 Å². The molecule has 1 amide bonds. The third kappa shape index (κ3) is 4.78. The second-order valence-electron chi connectivity index (χ2n) is 4.60. The topological polar surface area (TPSA) is 41.6 Å². The predicted octanol–water partition coefficient (Wildman–Crippen LogP) is 2.44. The number of carbonyl (C=O) groups is 1. The van der Waals surface area contributed by atoms with E-state index in [2.05, 4.69) is 10.1 Å². The molecule has 0 saturated carbocycles. The van der Waals surface area contributed by atoms with Crippen LogP contribution in [0.2, 0.25) is 0 Å². The minimum Gasteiger partial charge on any atom is -0.406 e. The molecule has 0 aliphatic carbocycles. The van der Waals surface area contributed by atoms with Crippen LogP contribution in [0.1, 0.15) is 16.8 Å². The van der Waals surface area contributed by atoms with Crippen molar-refractivity contribution in [1.82, 2.24) is 10.2 Å². The van der Waals surface area contributed by atoms with Crippen LogP contribution in [0, 0.1) is 0 Å². The van der Waals surface area contributed by atoms with Gasteiger partial charge in [-0.2, -0.15) is 0 Å². The van der Waals surface area contributed by atoms with Crippen molar-refractivity contribution < 1.29 is 22.7 Å². The first kappa shape index (κ1) is 17.6. The van der Waals surface area contributed by atoms with Gasteiger partial charge in [0, 0.05) is 24.7 Å². The fourth-order valence-corrected chi connectivity index (χ4v) is 2.16. The Morgan fingerprint density at radius 1 is 1.33 bits per heavy atom. The van der Waals surface area contributed by atoms with Crippen molar-refractivity contribution in [1.29, 1.82) is 0 Å². The minimum atomic E-state index is -4.72. The van der Waals surface area contributed by atoms with Crippen LogP contribution in [0.5, 0.6) is 5.75 Å². The van der Waals surface area contributed by atoms with Gasteiger partial charge in [-0.25, -0.2) is 0 Å². The lowest BCUT2D eigenvalue weighted by Gasteiger charge is -2.16. The highest BCUT2D eigenvalue weighted by atomic mass is 35.5. The molecule has 1 aliphatic heterocycles. The summed E-state index contributed by atoms with van der Waals surface area (Å²) in [6, 6.07) is 5.25. The number of halogens is 4. The minimum absolute atomic E-state index is 0. The van der Waals surface area contributed by atoms with E-state index in [1.165, 1.54) is 12.1 Å². The van der Waals surface area contributed by atoms with Gasteiger partial charge in [0.2, 0.25) is 0 Å². The lowest BCUT2D eigenvalue weighted by Crippen LogP contribution is -2.33. The van der Waals surface area contributed by atoms with E-state index in [9.17, 15) is 18.0 Å². The molecular formula is C13H16ClF3N2O2. The molecule has 1 N–H and O–H groups in total. The van der Waals surface area contributed by atoms with Gasteiger partial charge in [0.05, 0.1) is 0 Å². The number of carbonyl (C=O) groups excluding carboxylic acids is 1. The summed E-state index contributed by atoms with van der Waals surface area (Å²) < 4.78 is 39.8. The molecule has 4 nitrogen and oxygen atoms in total. The molecule has 1 atom stereocenters. The van der Waals surface area contributed by atoms with Crippen LogP contribution in [0.4, 0.5) is 13.2 Å². The Bertz CT molecular complexity index is 479. The first-order valence-electron chi connectivity index (χ1n) is 6.21. The highest BCUT2D eigenvalue weighted by molar-refractivity contribution is 5.94. The zero-order valence-corrected chi connectivity index (χ0v) is 12.1. The molecule has 0 unspecified atom stereocenters. The lowest BCUT2D eigenvalue weighted by atomic mass is 10.2. The summed E-state index contributed by atoms with van der Waals surface area (Å²) >= 11 is 0. The summed E-state index contributed by atoms with van der Waals surface area (Å²) in [5, 5.41) is 3.10. The fraction of sp³-hybridized carbons (Fsp3) is 0.462. The number of benzene rings is 1. The third-order valence-corrected chi connectivity index (χ3v) is 3.22. The quantitative estimate of drug-likeness (QED) is 0.928. The monoisotopic (exact) mass is 324 g/mol. The van der Waals surface area contributed by atoms with Crippen LogP contribution in [-0.4, -0.2) is 43.3 Å². The Labute approximate surface area is 126 Å². The summed E-state index contributed by atoms with van der Waals surface area (Å²) in [6.07, 6.45) is -3.85. The first-order valence-corrected chi connectivity index (χ1v) is 6.21. The Morgan fingerprint density at radius 3 is 2.43 bits per heavy atom. The van der Waals surface area contributed by atoms with Crippen LogP contribution < -0.4 is 10.1 Å². The number of likely N-dealkylation sites (N-methyl/N-ethyl adjacent to an activating group) is 1. The molecule has 2 rings (SSSR count). The van der Waals surface area contributed by atoms with Gasteiger partial charge in [0.15, 0.2) is 0 Å². The maximum Gasteiger partial charge on any atom is 0.573 e. The van der Waals surface area contributed by atoms with Gasteiger partial charge >= 0.3 is 6.36 Å². The molecule has 1 saturated heterocycles. The van der Waals surface area contributed by atoms with E-state index < -0.39 is 6.36 Å². The lowest BCUT2D eigenvalue weighted by molar-refractivity contribution is -0.274. The molecule has 0 radical (unpaired) electrons. The van der Waals surface area contributed by atoms with Crippen molar-refractivity contribution in [2.24, 2.45) is 0 Å². The van der Waals surface area contributed by atoms with Gasteiger partial charge in [0.25, 0.3) is 5.91 Å². The standard InChI is InChI=1S/C13H15F3N2O2.ClH/c1-17-10-6-7-18(8-10)12(19)9-2-4-11(5-3-9)20-13(14,15)16;/h2-5,10,17H,6-8H2,1H3;1H/t10-;/m0./s1. The van der Waals surface area contributed by atoms with E-state index in [-0.39, 0.29) is 30.1 Å². The largest absolute Gasteiger partial charge is 0.573 e. The van der Waals surface area contributed by atoms with E-state index in [1.54, 1.807) is 4.90 Å². The molecule has 1 aliphatic rings. The van der Waals surface area contributed by atoms with Gasteiger partial charge in [-0.3, -0.25) is 4.79 Å². The highest BCUT2D eigenvalue weighted by Gasteiger charge is 2.31. The van der Waals surface area contributed by atoms with E-state index in [4.69, 9.17) is 0 Å². The number of hydrogen-bond acceptors (Lipinski definition) is 3. The zero-order valence-electron chi connectivity index (χ0n) is 11.3. The molecular weight excluding hydrogens is 309 g/mol. The smallest absolute Gasteiger partial charge is 0.406 e. The maximum absolute atomic E-state index is 12.1. The number of rotatable bonds is 3. The van der Waals surface area contributed by atoms with Crippen LogP contribution in [0.15, 0.2) is 24.3 Å². The summed E-state index contributed by atoms with van der Waals surface area (Å²) in [6.45, 7) is 1.25. The van der Waals surface area contributed by atoms with E-state index >= 15 is 0 Å². The SMILES string of the molecule is CN[C@H]1CCN(C(=O)c2ccc(OC(F)(F)F)cc2)C1.Cl. The van der Waals surface area contributed by atoms with E-state index in [0.29, 0.717) is 18.7 Å². The molecule has 0 bridgehead atoms. The van der Waals surface area contributed by atoms with Crippen LogP contribution in [-0.2, 0) is 0 Å². The van der Waals surface area contributed by atoms with Crippen LogP contribution >= 0.6 is 12.4 Å². The molecule has 1 aromatic carbocycles. The summed E-state index contributed by atoms with van der Waals surface area (Å²) in [4.78, 5) is 13.8. The van der Waals surface area contributed by atoms with Crippen molar-refractivity contribution in [3.05, 3.63) is 29.8 Å². The van der Waals surface area contributed by atoms with Crippen molar-refractivity contribution in [2.75, 3.05) is 20.1 Å². The second kappa shape index (κ2) is 7.00. The Balaban J connectivity index is 0.00000220. The number of hydrogen-bond donors (Lipinski definition) is 1. The number of nitrogens with one attached hydrogen (secondary N) is 1. The summed E-state index contributed by atoms with van der Waals surface area (Å²) in [7, 11) is 1.84. The molecule has 0 aromatic heterocycles. The van der Waals surface area contributed by atoms with Crippen molar-refractivity contribution in [2.45, 2.75) is 18.8 Å². The van der Waals surface area contributed by atoms with Crippen LogP contribution in [0.25, 0.3) is 0 Å². The molecule has 8 heteroatoms. The second-order valence-corrected chi connectivity index (χ2v) is 4.60. The molecule has 0 spiro atoms. The van der Waals surface area contributed by atoms with Gasteiger partial charge in [-0.15, -0.1) is 25.6 Å². The Morgan fingerprint density at radius 2 is 1.95 bits per heavy atom. The molecule has 21 heavy (non-hydrogen) atoms. The first-order chi connectivity index (χ1) is 9.39. The summed E-state index contributed by atoms with van der Waals surface area (Å²) in [5.41, 5.74) is 0.358. The van der Waals surface area contributed by atoms with Gasteiger partial charge < -0.3 is 15.0 Å². The zero-order chi connectivity index (χ0) is 14.8. The summed E-state index contributed by atoms with van der Waals surface area (Å²) in [5.74, 6) is -0.509. The number of alkyl halides is 3. The van der Waals surface area contributed by atoms with Crippen molar-refractivity contribution >= 4 is 18.3 Å². The molecule has 118 valence electrons. The van der Waals surface area contributed by atoms with E-state index in [1.807, 2.05) is 7.05 Å². The Kier molecular flexibility index (Phi) is 5.86. The number of likely N-dealkylation sites (tertiary alicyclic amines) is 1. The molecule has 1 aromatic rings. The molecule has 1 fully saturated rings. The fourth-order valence-electron chi connectivity index (χ4n) is 2.16. The van der Waals surface area contributed by atoms with Crippen molar-refractivity contribution in [3.63, 3.8) is 0 Å². The average molecular weight is 325 g/mol. The number of nitrogens with zero attached hydrogens (tertiary/aromatic N) is 1.